The zero-order valence-corrected chi connectivity index (χ0v) is 15.4. The minimum atomic E-state index is -0.417. The summed E-state index contributed by atoms with van der Waals surface area (Å²) in [6.07, 6.45) is 0. The van der Waals surface area contributed by atoms with E-state index >= 15 is 0 Å². The maximum absolute atomic E-state index is 10.8. The fourth-order valence-corrected chi connectivity index (χ4v) is 2.92. The van der Waals surface area contributed by atoms with Gasteiger partial charge in [0.25, 0.3) is 5.69 Å². The average molecular weight is 377 g/mol. The summed E-state index contributed by atoms with van der Waals surface area (Å²) in [5.74, 6) is 0. The number of rotatable bonds is 6. The number of benzene rings is 3. The second kappa shape index (κ2) is 8.91. The first-order valence-corrected chi connectivity index (χ1v) is 8.91. The van der Waals surface area contributed by atoms with Crippen LogP contribution in [-0.4, -0.2) is 14.9 Å². The predicted octanol–water partition coefficient (Wildman–Crippen LogP) is 4.99. The van der Waals surface area contributed by atoms with Gasteiger partial charge in [-0.25, -0.2) is 0 Å². The molecule has 0 unspecified atom stereocenters. The van der Waals surface area contributed by atoms with Crippen LogP contribution in [0.3, 0.4) is 0 Å². The van der Waals surface area contributed by atoms with Crippen LogP contribution in [0.15, 0.2) is 84.9 Å². The molecule has 0 bridgehead atoms. The lowest BCUT2D eigenvalue weighted by atomic mass is 10.2. The van der Waals surface area contributed by atoms with Crippen molar-refractivity contribution in [1.82, 2.24) is 4.90 Å². The summed E-state index contributed by atoms with van der Waals surface area (Å²) >= 11 is 5.62. The van der Waals surface area contributed by atoms with Gasteiger partial charge in [-0.05, 0) is 35.5 Å². The molecule has 5 nitrogen and oxygen atoms in total. The first kappa shape index (κ1) is 18.5. The summed E-state index contributed by atoms with van der Waals surface area (Å²) in [7, 11) is 0. The summed E-state index contributed by atoms with van der Waals surface area (Å²) < 4.78 is 0. The molecule has 0 fully saturated rings. The van der Waals surface area contributed by atoms with Crippen molar-refractivity contribution in [2.24, 2.45) is 0 Å². The van der Waals surface area contributed by atoms with Crippen molar-refractivity contribution in [3.63, 3.8) is 0 Å². The number of hydrogen-bond acceptors (Lipinski definition) is 3. The lowest BCUT2D eigenvalue weighted by molar-refractivity contribution is -0.384. The number of nitrogens with zero attached hydrogens (tertiary/aromatic N) is 2. The molecule has 6 heteroatoms. The number of non-ortho nitro benzene ring substituents is 1. The van der Waals surface area contributed by atoms with Crippen molar-refractivity contribution in [3.8, 4) is 0 Å². The van der Waals surface area contributed by atoms with Gasteiger partial charge >= 0.3 is 0 Å². The highest BCUT2D eigenvalue weighted by atomic mass is 32.1. The van der Waals surface area contributed by atoms with E-state index in [0.29, 0.717) is 18.2 Å². The molecule has 0 heterocycles. The zero-order chi connectivity index (χ0) is 19.1. The molecule has 0 atom stereocenters. The summed E-state index contributed by atoms with van der Waals surface area (Å²) in [5.41, 5.74) is 3.08. The van der Waals surface area contributed by atoms with Crippen LogP contribution in [0, 0.1) is 10.1 Å². The molecular formula is C21H19N3O2S. The third-order valence-corrected chi connectivity index (χ3v) is 4.41. The molecule has 3 rings (SSSR count). The molecule has 0 saturated heterocycles. The minimum absolute atomic E-state index is 0.0527. The number of nitro benzene ring substituents is 1. The molecule has 3 aromatic rings. The largest absolute Gasteiger partial charge is 0.340 e. The molecule has 0 spiro atoms. The Bertz CT molecular complexity index is 858. The molecule has 3 aromatic carbocycles. The Morgan fingerprint density at radius 3 is 1.78 bits per heavy atom. The van der Waals surface area contributed by atoms with Gasteiger partial charge in [0, 0.05) is 30.9 Å². The quantitative estimate of drug-likeness (QED) is 0.372. The SMILES string of the molecule is O=[N+]([O-])c1ccc(NC(=S)N(Cc2ccccc2)Cc2ccccc2)cc1. The minimum Gasteiger partial charge on any atom is -0.340 e. The number of anilines is 1. The predicted molar refractivity (Wildman–Crippen MR) is 111 cm³/mol. The van der Waals surface area contributed by atoms with Crippen LogP contribution in [0.4, 0.5) is 11.4 Å². The highest BCUT2D eigenvalue weighted by molar-refractivity contribution is 7.80. The van der Waals surface area contributed by atoms with Crippen molar-refractivity contribution in [2.45, 2.75) is 13.1 Å². The van der Waals surface area contributed by atoms with Crippen LogP contribution < -0.4 is 5.32 Å². The Kier molecular flexibility index (Phi) is 6.12. The molecular weight excluding hydrogens is 358 g/mol. The normalized spacial score (nSPS) is 10.2. The van der Waals surface area contributed by atoms with E-state index < -0.39 is 4.92 Å². The van der Waals surface area contributed by atoms with E-state index in [4.69, 9.17) is 12.2 Å². The van der Waals surface area contributed by atoms with Crippen molar-refractivity contribution in [1.29, 1.82) is 0 Å². The number of thiocarbonyl (C=S) groups is 1. The molecule has 0 aromatic heterocycles. The van der Waals surface area contributed by atoms with Gasteiger partial charge in [0.15, 0.2) is 5.11 Å². The third-order valence-electron chi connectivity index (χ3n) is 4.05. The van der Waals surface area contributed by atoms with Crippen LogP contribution in [0.1, 0.15) is 11.1 Å². The number of hydrogen-bond donors (Lipinski definition) is 1. The van der Waals surface area contributed by atoms with Gasteiger partial charge in [0.1, 0.15) is 0 Å². The Morgan fingerprint density at radius 1 is 0.852 bits per heavy atom. The second-order valence-electron chi connectivity index (χ2n) is 6.06. The topological polar surface area (TPSA) is 58.4 Å². The molecule has 0 saturated carbocycles. The lowest BCUT2D eigenvalue weighted by Crippen LogP contribution is -2.33. The van der Waals surface area contributed by atoms with E-state index in [-0.39, 0.29) is 5.69 Å². The van der Waals surface area contributed by atoms with Gasteiger partial charge in [-0.3, -0.25) is 10.1 Å². The molecule has 136 valence electrons. The molecule has 1 N–H and O–H groups in total. The Morgan fingerprint density at radius 2 is 1.33 bits per heavy atom. The average Bonchev–Trinajstić information content (AvgIpc) is 2.69. The van der Waals surface area contributed by atoms with Crippen molar-refractivity contribution in [2.75, 3.05) is 5.32 Å². The lowest BCUT2D eigenvalue weighted by Gasteiger charge is -2.26. The van der Waals surface area contributed by atoms with Crippen molar-refractivity contribution in [3.05, 3.63) is 106 Å². The van der Waals surface area contributed by atoms with E-state index in [0.717, 1.165) is 16.8 Å². The standard InChI is InChI=1S/C21H19N3O2S/c25-24(26)20-13-11-19(12-14-20)22-21(27)23(15-17-7-3-1-4-8-17)16-18-9-5-2-6-10-18/h1-14H,15-16H2,(H,22,27). The fraction of sp³-hybridized carbons (Fsp3) is 0.0952. The summed E-state index contributed by atoms with van der Waals surface area (Å²) in [6, 6.07) is 26.5. The number of nitro groups is 1. The third kappa shape index (κ3) is 5.36. The summed E-state index contributed by atoms with van der Waals surface area (Å²) in [5, 5.41) is 14.5. The highest BCUT2D eigenvalue weighted by Crippen LogP contribution is 2.17. The molecule has 0 aliphatic carbocycles. The number of nitrogens with one attached hydrogen (secondary N) is 1. The molecule has 27 heavy (non-hydrogen) atoms. The monoisotopic (exact) mass is 377 g/mol. The molecule has 0 radical (unpaired) electrons. The van der Waals surface area contributed by atoms with E-state index in [9.17, 15) is 10.1 Å². The van der Waals surface area contributed by atoms with Crippen molar-refractivity contribution < 1.29 is 4.92 Å². The van der Waals surface area contributed by atoms with Gasteiger partial charge in [-0.15, -0.1) is 0 Å². The maximum Gasteiger partial charge on any atom is 0.269 e. The van der Waals surface area contributed by atoms with Gasteiger partial charge in [0.05, 0.1) is 4.92 Å². The molecule has 0 aliphatic heterocycles. The van der Waals surface area contributed by atoms with Crippen molar-refractivity contribution >= 4 is 28.7 Å². The van der Waals surface area contributed by atoms with Crippen LogP contribution >= 0.6 is 12.2 Å². The van der Waals surface area contributed by atoms with Gasteiger partial charge in [-0.1, -0.05) is 60.7 Å². The highest BCUT2D eigenvalue weighted by Gasteiger charge is 2.12. The zero-order valence-electron chi connectivity index (χ0n) is 14.6. The van der Waals surface area contributed by atoms with E-state index in [2.05, 4.69) is 34.5 Å². The Hall–Kier alpha value is -3.25. The van der Waals surface area contributed by atoms with Crippen LogP contribution in [0.5, 0.6) is 0 Å². The molecule has 0 aliphatic rings. The van der Waals surface area contributed by atoms with Crippen LogP contribution in [0.2, 0.25) is 0 Å². The van der Waals surface area contributed by atoms with E-state index in [1.807, 2.05) is 36.4 Å². The summed E-state index contributed by atoms with van der Waals surface area (Å²) in [6.45, 7) is 1.32. The first-order valence-electron chi connectivity index (χ1n) is 8.50. The van der Waals surface area contributed by atoms with Gasteiger partial charge in [-0.2, -0.15) is 0 Å². The van der Waals surface area contributed by atoms with E-state index in [1.165, 1.54) is 12.1 Å². The summed E-state index contributed by atoms with van der Waals surface area (Å²) in [4.78, 5) is 12.5. The van der Waals surface area contributed by atoms with Gasteiger partial charge < -0.3 is 10.2 Å². The first-order chi connectivity index (χ1) is 13.1. The van der Waals surface area contributed by atoms with E-state index in [1.54, 1.807) is 12.1 Å². The molecule has 0 amide bonds. The fourth-order valence-electron chi connectivity index (χ4n) is 2.68. The Labute approximate surface area is 163 Å². The second-order valence-corrected chi connectivity index (χ2v) is 6.45. The Balaban J connectivity index is 1.76. The maximum atomic E-state index is 10.8. The van der Waals surface area contributed by atoms with Crippen LogP contribution in [-0.2, 0) is 13.1 Å². The van der Waals surface area contributed by atoms with Gasteiger partial charge in [0.2, 0.25) is 0 Å². The van der Waals surface area contributed by atoms with Crippen LogP contribution in [0.25, 0.3) is 0 Å². The smallest absolute Gasteiger partial charge is 0.269 e.